The number of anilines is 3. The molecule has 0 saturated heterocycles. The van der Waals surface area contributed by atoms with Crippen LogP contribution in [0.2, 0.25) is 0 Å². The number of para-hydroxylation sites is 1. The minimum Gasteiger partial charge on any atom is -0.343 e. The summed E-state index contributed by atoms with van der Waals surface area (Å²) < 4.78 is 13.6. The lowest BCUT2D eigenvalue weighted by atomic mass is 10.1. The van der Waals surface area contributed by atoms with Gasteiger partial charge >= 0.3 is 0 Å². The molecule has 3 rings (SSSR count). The maximum absolute atomic E-state index is 13.6. The molecule has 3 aromatic rings. The third-order valence-corrected chi connectivity index (χ3v) is 3.85. The molecule has 0 aliphatic carbocycles. The summed E-state index contributed by atoms with van der Waals surface area (Å²) in [6.07, 6.45) is 1.66. The number of hydrogen-bond acceptors (Lipinski definition) is 3. The number of halogens is 1. The number of nitrogens with zero attached hydrogens (tertiary/aromatic N) is 2. The van der Waals surface area contributed by atoms with Crippen LogP contribution < -0.4 is 10.2 Å². The van der Waals surface area contributed by atoms with E-state index in [9.17, 15) is 9.18 Å². The van der Waals surface area contributed by atoms with Gasteiger partial charge in [0, 0.05) is 12.7 Å². The van der Waals surface area contributed by atoms with Crippen molar-refractivity contribution in [3.05, 3.63) is 84.3 Å². The van der Waals surface area contributed by atoms with E-state index >= 15 is 0 Å². The first-order valence-electron chi connectivity index (χ1n) is 7.91. The Kier molecular flexibility index (Phi) is 5.04. The number of carbonyl (C=O) groups excluding carboxylic acids is 1. The van der Waals surface area contributed by atoms with Crippen LogP contribution >= 0.6 is 0 Å². The third-order valence-electron chi connectivity index (χ3n) is 3.85. The van der Waals surface area contributed by atoms with Crippen LogP contribution in [0, 0.1) is 5.82 Å². The normalized spacial score (nSPS) is 10.3. The van der Waals surface area contributed by atoms with Gasteiger partial charge in [0.2, 0.25) is 5.91 Å². The van der Waals surface area contributed by atoms with Gasteiger partial charge in [-0.1, -0.05) is 36.4 Å². The van der Waals surface area contributed by atoms with Crippen molar-refractivity contribution >= 4 is 23.1 Å². The van der Waals surface area contributed by atoms with E-state index in [0.29, 0.717) is 11.4 Å². The largest absolute Gasteiger partial charge is 0.343 e. The first-order chi connectivity index (χ1) is 12.1. The fourth-order valence-electron chi connectivity index (χ4n) is 2.46. The molecule has 0 unspecified atom stereocenters. The Balaban J connectivity index is 1.64. The summed E-state index contributed by atoms with van der Waals surface area (Å²) in [6, 6.07) is 19.8. The van der Waals surface area contributed by atoms with Crippen LogP contribution in [0.15, 0.2) is 72.9 Å². The molecule has 1 N–H and O–H groups in total. The first-order valence-corrected chi connectivity index (χ1v) is 7.91. The summed E-state index contributed by atoms with van der Waals surface area (Å²) in [5, 5.41) is 2.69. The van der Waals surface area contributed by atoms with Gasteiger partial charge in [0.25, 0.3) is 0 Å². The Hall–Kier alpha value is -3.21. The molecule has 126 valence electrons. The van der Waals surface area contributed by atoms with E-state index in [1.807, 2.05) is 48.3 Å². The summed E-state index contributed by atoms with van der Waals surface area (Å²) in [5.74, 6) is -0.251. The van der Waals surface area contributed by atoms with Crippen molar-refractivity contribution in [2.45, 2.75) is 6.42 Å². The molecule has 5 heteroatoms. The smallest absolute Gasteiger partial charge is 0.230 e. The Morgan fingerprint density at radius 2 is 1.72 bits per heavy atom. The van der Waals surface area contributed by atoms with Crippen LogP contribution in [0.1, 0.15) is 5.56 Å². The van der Waals surface area contributed by atoms with E-state index < -0.39 is 0 Å². The zero-order valence-electron chi connectivity index (χ0n) is 13.8. The number of nitrogens with one attached hydrogen (secondary N) is 1. The van der Waals surface area contributed by atoms with Crippen molar-refractivity contribution in [3.8, 4) is 0 Å². The van der Waals surface area contributed by atoms with Crippen molar-refractivity contribution in [2.75, 3.05) is 17.3 Å². The molecule has 0 aliphatic rings. The number of amides is 1. The summed E-state index contributed by atoms with van der Waals surface area (Å²) in [5.41, 5.74) is 2.30. The average molecular weight is 335 g/mol. The summed E-state index contributed by atoms with van der Waals surface area (Å²) in [4.78, 5) is 18.3. The Morgan fingerprint density at radius 1 is 1.00 bits per heavy atom. The monoisotopic (exact) mass is 335 g/mol. The van der Waals surface area contributed by atoms with Crippen molar-refractivity contribution in [1.29, 1.82) is 0 Å². The van der Waals surface area contributed by atoms with Gasteiger partial charge in [0.15, 0.2) is 0 Å². The lowest BCUT2D eigenvalue weighted by Gasteiger charge is -2.19. The van der Waals surface area contributed by atoms with Gasteiger partial charge in [0.1, 0.15) is 11.6 Å². The molecule has 2 aromatic carbocycles. The molecule has 0 atom stereocenters. The molecule has 4 nitrogen and oxygen atoms in total. The average Bonchev–Trinajstić information content (AvgIpc) is 2.64. The van der Waals surface area contributed by atoms with Crippen LogP contribution in [0.5, 0.6) is 0 Å². The van der Waals surface area contributed by atoms with Gasteiger partial charge in [0.05, 0.1) is 18.3 Å². The standard InChI is InChI=1S/C20H18FN3O/c1-24(16-8-3-2-4-9-16)17-11-12-19(22-14-17)23-20(25)13-15-7-5-6-10-18(15)21/h2-12,14H,13H2,1H3,(H,22,23,25). The molecule has 1 heterocycles. The van der Waals surface area contributed by atoms with Gasteiger partial charge in [-0.25, -0.2) is 9.37 Å². The predicted octanol–water partition coefficient (Wildman–Crippen LogP) is 4.17. The Labute approximate surface area is 145 Å². The molecular formula is C20H18FN3O. The van der Waals surface area contributed by atoms with E-state index in [-0.39, 0.29) is 18.1 Å². The number of rotatable bonds is 5. The molecule has 0 aliphatic heterocycles. The van der Waals surface area contributed by atoms with E-state index in [1.54, 1.807) is 30.5 Å². The van der Waals surface area contributed by atoms with Gasteiger partial charge in [-0.15, -0.1) is 0 Å². The van der Waals surface area contributed by atoms with E-state index in [0.717, 1.165) is 11.4 Å². The second kappa shape index (κ2) is 7.57. The minimum absolute atomic E-state index is 0.0278. The fourth-order valence-corrected chi connectivity index (χ4v) is 2.46. The van der Waals surface area contributed by atoms with E-state index in [2.05, 4.69) is 10.3 Å². The van der Waals surface area contributed by atoms with Crippen LogP contribution in [0.4, 0.5) is 21.6 Å². The lowest BCUT2D eigenvalue weighted by Crippen LogP contribution is -2.16. The zero-order chi connectivity index (χ0) is 17.6. The van der Waals surface area contributed by atoms with E-state index in [4.69, 9.17) is 0 Å². The number of hydrogen-bond donors (Lipinski definition) is 1. The second-order valence-corrected chi connectivity index (χ2v) is 5.61. The van der Waals surface area contributed by atoms with E-state index in [1.165, 1.54) is 6.07 Å². The molecule has 0 fully saturated rings. The van der Waals surface area contributed by atoms with Crippen molar-refractivity contribution < 1.29 is 9.18 Å². The zero-order valence-corrected chi connectivity index (χ0v) is 13.8. The second-order valence-electron chi connectivity index (χ2n) is 5.61. The van der Waals surface area contributed by atoms with Crippen molar-refractivity contribution in [1.82, 2.24) is 4.98 Å². The van der Waals surface area contributed by atoms with Crippen molar-refractivity contribution in [2.24, 2.45) is 0 Å². The molecular weight excluding hydrogens is 317 g/mol. The lowest BCUT2D eigenvalue weighted by molar-refractivity contribution is -0.115. The SMILES string of the molecule is CN(c1ccccc1)c1ccc(NC(=O)Cc2ccccc2F)nc1. The van der Waals surface area contributed by atoms with Crippen LogP contribution in [-0.4, -0.2) is 17.9 Å². The van der Waals surface area contributed by atoms with Gasteiger partial charge in [-0.2, -0.15) is 0 Å². The number of aromatic nitrogens is 1. The van der Waals surface area contributed by atoms with Crippen LogP contribution in [-0.2, 0) is 11.2 Å². The quantitative estimate of drug-likeness (QED) is 0.761. The number of pyridine rings is 1. The van der Waals surface area contributed by atoms with Gasteiger partial charge < -0.3 is 10.2 Å². The molecule has 0 spiro atoms. The fraction of sp³-hybridized carbons (Fsp3) is 0.100. The summed E-state index contributed by atoms with van der Waals surface area (Å²) in [6.45, 7) is 0. The Bertz CT molecular complexity index is 850. The highest BCUT2D eigenvalue weighted by Crippen LogP contribution is 2.23. The predicted molar refractivity (Wildman–Crippen MR) is 97.5 cm³/mol. The van der Waals surface area contributed by atoms with Gasteiger partial charge in [-0.05, 0) is 35.9 Å². The molecule has 0 bridgehead atoms. The third kappa shape index (κ3) is 4.20. The highest BCUT2D eigenvalue weighted by atomic mass is 19.1. The van der Waals surface area contributed by atoms with Crippen molar-refractivity contribution in [3.63, 3.8) is 0 Å². The Morgan fingerprint density at radius 3 is 2.40 bits per heavy atom. The summed E-state index contributed by atoms with van der Waals surface area (Å²) >= 11 is 0. The molecule has 25 heavy (non-hydrogen) atoms. The van der Waals surface area contributed by atoms with Crippen LogP contribution in [0.3, 0.4) is 0 Å². The van der Waals surface area contributed by atoms with Gasteiger partial charge in [-0.3, -0.25) is 4.79 Å². The highest BCUT2D eigenvalue weighted by Gasteiger charge is 2.09. The number of benzene rings is 2. The summed E-state index contributed by atoms with van der Waals surface area (Å²) in [7, 11) is 1.95. The molecule has 0 saturated carbocycles. The molecule has 1 aromatic heterocycles. The maximum Gasteiger partial charge on any atom is 0.230 e. The van der Waals surface area contributed by atoms with Crippen LogP contribution in [0.25, 0.3) is 0 Å². The highest BCUT2D eigenvalue weighted by molar-refractivity contribution is 5.91. The first kappa shape index (κ1) is 16.6. The topological polar surface area (TPSA) is 45.2 Å². The molecule has 0 radical (unpaired) electrons. The maximum atomic E-state index is 13.6. The number of carbonyl (C=O) groups is 1. The minimum atomic E-state index is -0.384. The molecule has 1 amide bonds.